The molecule has 0 heterocycles. The number of rotatable bonds is 6. The van der Waals surface area contributed by atoms with Gasteiger partial charge in [0, 0.05) is 11.6 Å². The Morgan fingerprint density at radius 3 is 2.52 bits per heavy atom. The molecule has 0 bridgehead atoms. The van der Waals surface area contributed by atoms with Gasteiger partial charge in [0.2, 0.25) is 5.91 Å². The van der Waals surface area contributed by atoms with E-state index in [0.29, 0.717) is 0 Å². The molecule has 0 N–H and O–H groups in total. The summed E-state index contributed by atoms with van der Waals surface area (Å²) in [4.78, 5) is 25.0. The van der Waals surface area contributed by atoms with Crippen molar-refractivity contribution in [1.82, 2.24) is 4.90 Å². The van der Waals surface area contributed by atoms with Gasteiger partial charge in [0.15, 0.2) is 11.6 Å². The van der Waals surface area contributed by atoms with Crippen LogP contribution in [0.1, 0.15) is 26.3 Å². The lowest BCUT2D eigenvalue weighted by molar-refractivity contribution is -0.149. The van der Waals surface area contributed by atoms with E-state index in [1.165, 1.54) is 17.0 Å². The maximum Gasteiger partial charge on any atom is 0.325 e. The van der Waals surface area contributed by atoms with E-state index in [0.717, 1.165) is 6.07 Å². The zero-order valence-electron chi connectivity index (χ0n) is 12.4. The summed E-state index contributed by atoms with van der Waals surface area (Å²) in [5.74, 6) is -3.02. The smallest absolute Gasteiger partial charge is 0.325 e. The minimum absolute atomic E-state index is 0.0329. The summed E-state index contributed by atoms with van der Waals surface area (Å²) in [5, 5.41) is 0. The molecule has 0 unspecified atom stereocenters. The fourth-order valence-electron chi connectivity index (χ4n) is 1.85. The Bertz CT molecular complexity index is 518. The number of ether oxygens (including phenoxy) is 1. The average molecular weight is 299 g/mol. The van der Waals surface area contributed by atoms with Gasteiger partial charge >= 0.3 is 5.97 Å². The average Bonchev–Trinajstić information content (AvgIpc) is 2.41. The molecule has 6 heteroatoms. The molecule has 0 aliphatic heterocycles. The molecule has 0 atom stereocenters. The van der Waals surface area contributed by atoms with Gasteiger partial charge in [-0.05, 0) is 26.8 Å². The van der Waals surface area contributed by atoms with Gasteiger partial charge in [-0.3, -0.25) is 9.59 Å². The molecular weight excluding hydrogens is 280 g/mol. The molecule has 1 amide bonds. The van der Waals surface area contributed by atoms with Gasteiger partial charge in [-0.15, -0.1) is 0 Å². The van der Waals surface area contributed by atoms with E-state index in [9.17, 15) is 18.4 Å². The second-order valence-corrected chi connectivity index (χ2v) is 4.81. The summed E-state index contributed by atoms with van der Waals surface area (Å²) in [6.07, 6.45) is -0.304. The molecule has 1 aromatic rings. The summed E-state index contributed by atoms with van der Waals surface area (Å²) in [5.41, 5.74) is -0.0329. The molecule has 0 aromatic heterocycles. The Morgan fingerprint density at radius 1 is 1.29 bits per heavy atom. The Hall–Kier alpha value is -1.98. The normalized spacial score (nSPS) is 10.6. The summed E-state index contributed by atoms with van der Waals surface area (Å²) < 4.78 is 31.5. The number of benzene rings is 1. The van der Waals surface area contributed by atoms with Crippen LogP contribution in [-0.4, -0.2) is 36.0 Å². The summed E-state index contributed by atoms with van der Waals surface area (Å²) >= 11 is 0. The van der Waals surface area contributed by atoms with Gasteiger partial charge in [-0.1, -0.05) is 12.1 Å². The largest absolute Gasteiger partial charge is 0.465 e. The van der Waals surface area contributed by atoms with E-state index in [4.69, 9.17) is 4.74 Å². The molecule has 1 rings (SSSR count). The number of esters is 1. The third-order valence-electron chi connectivity index (χ3n) is 2.92. The van der Waals surface area contributed by atoms with E-state index in [2.05, 4.69) is 0 Å². The van der Waals surface area contributed by atoms with Crippen molar-refractivity contribution in [2.24, 2.45) is 0 Å². The van der Waals surface area contributed by atoms with Crippen LogP contribution < -0.4 is 0 Å². The first-order valence-electron chi connectivity index (χ1n) is 6.74. The van der Waals surface area contributed by atoms with Crippen molar-refractivity contribution in [2.45, 2.75) is 33.2 Å². The molecule has 0 spiro atoms. The SMILES string of the molecule is CCOC(=O)CN(C(=O)Cc1cccc(F)c1F)C(C)C. The number of halogens is 2. The number of hydrogen-bond donors (Lipinski definition) is 0. The van der Waals surface area contributed by atoms with Crippen molar-refractivity contribution in [3.05, 3.63) is 35.4 Å². The van der Waals surface area contributed by atoms with E-state index in [1.54, 1.807) is 20.8 Å². The standard InChI is InChI=1S/C15H19F2NO3/c1-4-21-14(20)9-18(10(2)3)13(19)8-11-6-5-7-12(16)15(11)17/h5-7,10H,4,8-9H2,1-3H3. The van der Waals surface area contributed by atoms with E-state index < -0.39 is 23.5 Å². The minimum atomic E-state index is -1.04. The van der Waals surface area contributed by atoms with Crippen LogP contribution in [0, 0.1) is 11.6 Å². The number of nitrogens with zero attached hydrogens (tertiary/aromatic N) is 1. The predicted molar refractivity (Wildman–Crippen MR) is 73.5 cm³/mol. The molecule has 0 fully saturated rings. The van der Waals surface area contributed by atoms with Crippen molar-refractivity contribution in [2.75, 3.05) is 13.2 Å². The molecular formula is C15H19F2NO3. The van der Waals surface area contributed by atoms with Gasteiger partial charge in [0.25, 0.3) is 0 Å². The molecule has 21 heavy (non-hydrogen) atoms. The zero-order valence-corrected chi connectivity index (χ0v) is 12.4. The maximum atomic E-state index is 13.6. The number of hydrogen-bond acceptors (Lipinski definition) is 3. The fraction of sp³-hybridized carbons (Fsp3) is 0.467. The van der Waals surface area contributed by atoms with Crippen LogP contribution in [0.5, 0.6) is 0 Å². The van der Waals surface area contributed by atoms with Crippen LogP contribution in [0.4, 0.5) is 8.78 Å². The van der Waals surface area contributed by atoms with Crippen molar-refractivity contribution in [3.63, 3.8) is 0 Å². The summed E-state index contributed by atoms with van der Waals surface area (Å²) in [7, 11) is 0. The minimum Gasteiger partial charge on any atom is -0.465 e. The van der Waals surface area contributed by atoms with Crippen molar-refractivity contribution >= 4 is 11.9 Å². The van der Waals surface area contributed by atoms with Gasteiger partial charge in [0.1, 0.15) is 6.54 Å². The number of carbonyl (C=O) groups is 2. The first-order chi connectivity index (χ1) is 9.86. The van der Waals surface area contributed by atoms with Gasteiger partial charge in [-0.2, -0.15) is 0 Å². The number of amides is 1. The van der Waals surface area contributed by atoms with Crippen molar-refractivity contribution < 1.29 is 23.1 Å². The molecule has 0 saturated heterocycles. The second-order valence-electron chi connectivity index (χ2n) is 4.81. The monoisotopic (exact) mass is 299 g/mol. The Labute approximate surface area is 122 Å². The van der Waals surface area contributed by atoms with Crippen LogP contribution in [0.2, 0.25) is 0 Å². The van der Waals surface area contributed by atoms with Gasteiger partial charge < -0.3 is 9.64 Å². The first kappa shape index (κ1) is 17.1. The topological polar surface area (TPSA) is 46.6 Å². The maximum absolute atomic E-state index is 13.6. The van der Waals surface area contributed by atoms with Crippen molar-refractivity contribution in [3.8, 4) is 0 Å². The highest BCUT2D eigenvalue weighted by atomic mass is 19.2. The zero-order chi connectivity index (χ0) is 16.0. The van der Waals surface area contributed by atoms with Crippen molar-refractivity contribution in [1.29, 1.82) is 0 Å². The van der Waals surface area contributed by atoms with Gasteiger partial charge in [0.05, 0.1) is 13.0 Å². The number of carbonyl (C=O) groups excluding carboxylic acids is 2. The summed E-state index contributed by atoms with van der Waals surface area (Å²) in [6.45, 7) is 5.15. The lowest BCUT2D eigenvalue weighted by Gasteiger charge is -2.25. The van der Waals surface area contributed by atoms with Crippen LogP contribution in [0.3, 0.4) is 0 Å². The molecule has 0 aliphatic rings. The quantitative estimate of drug-likeness (QED) is 0.757. The third kappa shape index (κ3) is 4.81. The highest BCUT2D eigenvalue weighted by molar-refractivity contribution is 5.83. The van der Waals surface area contributed by atoms with Crippen LogP contribution in [0.15, 0.2) is 18.2 Å². The van der Waals surface area contributed by atoms with E-state index in [-0.39, 0.29) is 31.2 Å². The molecule has 4 nitrogen and oxygen atoms in total. The Morgan fingerprint density at radius 2 is 1.95 bits per heavy atom. The molecule has 0 saturated carbocycles. The summed E-state index contributed by atoms with van der Waals surface area (Å²) in [6, 6.07) is 3.42. The third-order valence-corrected chi connectivity index (χ3v) is 2.92. The van der Waals surface area contributed by atoms with Crippen LogP contribution in [0.25, 0.3) is 0 Å². The predicted octanol–water partition coefficient (Wildman–Crippen LogP) is 2.31. The van der Waals surface area contributed by atoms with E-state index >= 15 is 0 Å². The van der Waals surface area contributed by atoms with Gasteiger partial charge in [-0.25, -0.2) is 8.78 Å². The lowest BCUT2D eigenvalue weighted by Crippen LogP contribution is -2.42. The highest BCUT2D eigenvalue weighted by Crippen LogP contribution is 2.14. The molecule has 1 aromatic carbocycles. The highest BCUT2D eigenvalue weighted by Gasteiger charge is 2.22. The lowest BCUT2D eigenvalue weighted by atomic mass is 10.1. The molecule has 0 radical (unpaired) electrons. The fourth-order valence-corrected chi connectivity index (χ4v) is 1.85. The molecule has 116 valence electrons. The Balaban J connectivity index is 2.82. The first-order valence-corrected chi connectivity index (χ1v) is 6.74. The Kier molecular flexibility index (Phi) is 6.27. The second kappa shape index (κ2) is 7.71. The van der Waals surface area contributed by atoms with Crippen LogP contribution in [-0.2, 0) is 20.7 Å². The molecule has 0 aliphatic carbocycles. The van der Waals surface area contributed by atoms with Crippen LogP contribution >= 0.6 is 0 Å². The van der Waals surface area contributed by atoms with E-state index in [1.807, 2.05) is 0 Å².